The van der Waals surface area contributed by atoms with E-state index in [4.69, 9.17) is 0 Å². The Morgan fingerprint density at radius 1 is 1.39 bits per heavy atom. The third-order valence-corrected chi connectivity index (χ3v) is 3.56. The minimum atomic E-state index is -0.313. The minimum absolute atomic E-state index is 0.198. The first kappa shape index (κ1) is 12.9. The van der Waals surface area contributed by atoms with Gasteiger partial charge in [0.05, 0.1) is 5.70 Å². The van der Waals surface area contributed by atoms with Crippen LogP contribution in [0.5, 0.6) is 0 Å². The van der Waals surface area contributed by atoms with Crippen LogP contribution in [-0.4, -0.2) is 11.7 Å². The van der Waals surface area contributed by atoms with Crippen LogP contribution in [-0.2, 0) is 4.79 Å². The van der Waals surface area contributed by atoms with E-state index in [1.807, 2.05) is 5.41 Å². The molecule has 0 spiro atoms. The van der Waals surface area contributed by atoms with E-state index >= 15 is 0 Å². The monoisotopic (exact) mass is 263 g/mol. The Morgan fingerprint density at radius 3 is 2.89 bits per heavy atom. The number of amides is 1. The van der Waals surface area contributed by atoms with E-state index in [9.17, 15) is 9.18 Å². The number of thioether (sulfide) groups is 1. The average Bonchev–Trinajstić information content (AvgIpc) is 2.71. The van der Waals surface area contributed by atoms with Crippen molar-refractivity contribution < 1.29 is 9.18 Å². The highest BCUT2D eigenvalue weighted by Crippen LogP contribution is 2.29. The molecule has 0 aromatic heterocycles. The smallest absolute Gasteiger partial charge is 0.249 e. The molecule has 0 saturated heterocycles. The molecule has 1 aliphatic heterocycles. The van der Waals surface area contributed by atoms with Crippen molar-refractivity contribution in [3.63, 3.8) is 0 Å². The molecule has 0 fully saturated rings. The zero-order valence-corrected chi connectivity index (χ0v) is 10.9. The van der Waals surface area contributed by atoms with Gasteiger partial charge in [-0.25, -0.2) is 4.39 Å². The van der Waals surface area contributed by atoms with Crippen molar-refractivity contribution in [2.75, 3.05) is 5.75 Å². The molecule has 1 aromatic carbocycles. The van der Waals surface area contributed by atoms with Crippen LogP contribution >= 0.6 is 11.8 Å². The molecule has 1 aromatic rings. The predicted octanol–water partition coefficient (Wildman–Crippen LogP) is 3.32. The van der Waals surface area contributed by atoms with Crippen molar-refractivity contribution in [2.24, 2.45) is 0 Å². The lowest BCUT2D eigenvalue weighted by atomic mass is 10.0. The Bertz CT molecular complexity index is 522. The second-order valence-corrected chi connectivity index (χ2v) is 4.91. The molecule has 1 N–H and O–H groups in total. The van der Waals surface area contributed by atoms with E-state index < -0.39 is 0 Å². The molecule has 2 nitrogen and oxygen atoms in total. The second-order valence-electron chi connectivity index (χ2n) is 3.93. The second kappa shape index (κ2) is 5.87. The fourth-order valence-electron chi connectivity index (χ4n) is 1.70. The fraction of sp³-hybridized carbons (Fsp3) is 0.214. The highest BCUT2D eigenvalue weighted by Gasteiger charge is 2.20. The van der Waals surface area contributed by atoms with Gasteiger partial charge >= 0.3 is 0 Å². The van der Waals surface area contributed by atoms with E-state index in [1.165, 1.54) is 12.1 Å². The normalized spacial score (nSPS) is 16.9. The van der Waals surface area contributed by atoms with E-state index in [1.54, 1.807) is 30.0 Å². The van der Waals surface area contributed by atoms with Gasteiger partial charge in [-0.05, 0) is 23.6 Å². The first-order valence-corrected chi connectivity index (χ1v) is 6.87. The van der Waals surface area contributed by atoms with E-state index in [2.05, 4.69) is 12.2 Å². The van der Waals surface area contributed by atoms with Crippen LogP contribution < -0.4 is 5.32 Å². The Balaban J connectivity index is 2.30. The summed E-state index contributed by atoms with van der Waals surface area (Å²) >= 11 is 1.62. The fourth-order valence-corrected chi connectivity index (χ4v) is 2.41. The Morgan fingerprint density at radius 2 is 2.17 bits per heavy atom. The number of rotatable bonds is 4. The van der Waals surface area contributed by atoms with E-state index in [-0.39, 0.29) is 11.7 Å². The molecule has 0 unspecified atom stereocenters. The number of benzene rings is 1. The van der Waals surface area contributed by atoms with Crippen LogP contribution in [0.1, 0.15) is 18.9 Å². The number of allylic oxidation sites excluding steroid dienone is 1. The third kappa shape index (κ3) is 2.82. The lowest BCUT2D eigenvalue weighted by Crippen LogP contribution is -2.13. The van der Waals surface area contributed by atoms with Crippen LogP contribution in [0.4, 0.5) is 4.39 Å². The zero-order chi connectivity index (χ0) is 13.0. The molecule has 0 aliphatic carbocycles. The molecule has 1 aliphatic rings. The summed E-state index contributed by atoms with van der Waals surface area (Å²) in [5.74, 6) is 0.465. The van der Waals surface area contributed by atoms with E-state index in [0.29, 0.717) is 16.8 Å². The molecular formula is C14H14FNOS. The molecule has 2 rings (SSSR count). The molecule has 94 valence electrons. The summed E-state index contributed by atoms with van der Waals surface area (Å²) in [5, 5.41) is 4.61. The van der Waals surface area contributed by atoms with E-state index in [0.717, 1.165) is 12.2 Å². The van der Waals surface area contributed by atoms with Gasteiger partial charge in [-0.15, -0.1) is 11.8 Å². The van der Waals surface area contributed by atoms with Gasteiger partial charge in [-0.2, -0.15) is 0 Å². The third-order valence-electron chi connectivity index (χ3n) is 2.51. The first-order chi connectivity index (χ1) is 8.72. The highest BCUT2D eigenvalue weighted by atomic mass is 32.2. The van der Waals surface area contributed by atoms with Crippen molar-refractivity contribution in [1.29, 1.82) is 0 Å². The Labute approximate surface area is 110 Å². The van der Waals surface area contributed by atoms with Crippen molar-refractivity contribution in [3.8, 4) is 0 Å². The van der Waals surface area contributed by atoms with Crippen molar-refractivity contribution in [1.82, 2.24) is 5.32 Å². The summed E-state index contributed by atoms with van der Waals surface area (Å²) in [5.41, 5.74) is 1.77. The molecule has 1 amide bonds. The summed E-state index contributed by atoms with van der Waals surface area (Å²) in [6, 6.07) is 6.48. The van der Waals surface area contributed by atoms with Gasteiger partial charge in [0.15, 0.2) is 0 Å². The molecule has 0 atom stereocenters. The van der Waals surface area contributed by atoms with Gasteiger partial charge in [0.25, 0.3) is 0 Å². The van der Waals surface area contributed by atoms with Crippen LogP contribution in [0, 0.1) is 5.82 Å². The topological polar surface area (TPSA) is 29.1 Å². The number of carbonyl (C=O) groups excluding carboxylic acids is 1. The highest BCUT2D eigenvalue weighted by molar-refractivity contribution is 8.02. The van der Waals surface area contributed by atoms with Gasteiger partial charge < -0.3 is 5.32 Å². The Hall–Kier alpha value is -1.55. The minimum Gasteiger partial charge on any atom is -0.321 e. The zero-order valence-electron chi connectivity index (χ0n) is 10.1. The van der Waals surface area contributed by atoms with Gasteiger partial charge in [0.1, 0.15) is 5.82 Å². The number of hydrogen-bond acceptors (Lipinski definition) is 2. The predicted molar refractivity (Wildman–Crippen MR) is 73.4 cm³/mol. The molecule has 1 heterocycles. The SMILES string of the molecule is CCCS/C=C1\NC(=O)C=C1c1ccccc1F. The molecule has 0 saturated carbocycles. The van der Waals surface area contributed by atoms with Crippen LogP contribution in [0.25, 0.3) is 5.57 Å². The summed E-state index contributed by atoms with van der Waals surface area (Å²) in [7, 11) is 0. The maximum absolute atomic E-state index is 13.7. The first-order valence-electron chi connectivity index (χ1n) is 5.82. The lowest BCUT2D eigenvalue weighted by molar-refractivity contribution is -0.115. The summed E-state index contributed by atoms with van der Waals surface area (Å²) in [6.45, 7) is 2.09. The average molecular weight is 263 g/mol. The van der Waals surface area contributed by atoms with Crippen LogP contribution in [0.15, 0.2) is 41.4 Å². The van der Waals surface area contributed by atoms with Crippen molar-refractivity contribution in [3.05, 3.63) is 52.8 Å². The molecule has 0 radical (unpaired) electrons. The van der Waals surface area contributed by atoms with Gasteiger partial charge in [-0.3, -0.25) is 4.79 Å². The van der Waals surface area contributed by atoms with Crippen molar-refractivity contribution in [2.45, 2.75) is 13.3 Å². The molecule has 4 heteroatoms. The molecule has 18 heavy (non-hydrogen) atoms. The summed E-state index contributed by atoms with van der Waals surface area (Å²) in [6.07, 6.45) is 2.50. The molecule has 0 bridgehead atoms. The number of carbonyl (C=O) groups is 1. The largest absolute Gasteiger partial charge is 0.321 e. The number of nitrogens with one attached hydrogen (secondary N) is 1. The van der Waals surface area contributed by atoms with Crippen LogP contribution in [0.2, 0.25) is 0 Å². The maximum Gasteiger partial charge on any atom is 0.249 e. The Kier molecular flexibility index (Phi) is 4.20. The number of halogens is 1. The maximum atomic E-state index is 13.7. The standard InChI is InChI=1S/C14H14FNOS/c1-2-7-18-9-13-11(8-14(17)16-13)10-5-3-4-6-12(10)15/h3-6,8-9H,2,7H2,1H3,(H,16,17)/b13-9-. The summed E-state index contributed by atoms with van der Waals surface area (Å²) < 4.78 is 13.7. The lowest BCUT2D eigenvalue weighted by Gasteiger charge is -2.06. The summed E-state index contributed by atoms with van der Waals surface area (Å²) in [4.78, 5) is 11.4. The van der Waals surface area contributed by atoms with Gasteiger partial charge in [0, 0.05) is 17.2 Å². The number of hydrogen-bond donors (Lipinski definition) is 1. The van der Waals surface area contributed by atoms with Crippen molar-refractivity contribution >= 4 is 23.2 Å². The van der Waals surface area contributed by atoms with Gasteiger partial charge in [0.2, 0.25) is 5.91 Å². The quantitative estimate of drug-likeness (QED) is 0.844. The van der Waals surface area contributed by atoms with Gasteiger partial charge in [-0.1, -0.05) is 25.1 Å². The molecular weight excluding hydrogens is 249 g/mol. The van der Waals surface area contributed by atoms with Crippen LogP contribution in [0.3, 0.4) is 0 Å².